The summed E-state index contributed by atoms with van der Waals surface area (Å²) in [6, 6.07) is 6.73. The van der Waals surface area contributed by atoms with Crippen LogP contribution in [0.2, 0.25) is 0 Å². The molecule has 1 heterocycles. The van der Waals surface area contributed by atoms with Crippen LogP contribution in [0.25, 0.3) is 0 Å². The molecule has 0 saturated heterocycles. The summed E-state index contributed by atoms with van der Waals surface area (Å²) in [5, 5.41) is 7.34. The first kappa shape index (κ1) is 15.7. The summed E-state index contributed by atoms with van der Waals surface area (Å²) in [6.07, 6.45) is 4.85. The fraction of sp³-hybridized carbons (Fsp3) is 0.357. The van der Waals surface area contributed by atoms with E-state index in [2.05, 4.69) is 10.4 Å². The summed E-state index contributed by atoms with van der Waals surface area (Å²) in [4.78, 5) is 0.332. The number of hydrogen-bond donors (Lipinski definition) is 2. The normalized spacial score (nSPS) is 13.3. The van der Waals surface area contributed by atoms with Gasteiger partial charge < -0.3 is 11.1 Å². The number of aromatic nitrogens is 2. The minimum absolute atomic E-state index is 0.117. The lowest BCUT2D eigenvalue weighted by atomic mass is 10.1. The molecule has 0 bridgehead atoms. The van der Waals surface area contributed by atoms with Crippen LogP contribution in [0.5, 0.6) is 0 Å². The molecule has 0 aliphatic rings. The van der Waals surface area contributed by atoms with Gasteiger partial charge in [0.05, 0.1) is 11.1 Å². The number of nitrogens with two attached hydrogens (primary N) is 1. The van der Waals surface area contributed by atoms with Gasteiger partial charge in [-0.1, -0.05) is 12.1 Å². The van der Waals surface area contributed by atoms with Gasteiger partial charge in [-0.15, -0.1) is 0 Å². The van der Waals surface area contributed by atoms with E-state index in [0.717, 1.165) is 11.1 Å². The third-order valence-corrected chi connectivity index (χ3v) is 4.33. The minimum atomic E-state index is -3.14. The third-order valence-electron chi connectivity index (χ3n) is 3.20. The number of sulfone groups is 1. The van der Waals surface area contributed by atoms with Crippen molar-refractivity contribution in [1.29, 1.82) is 0 Å². The Hall–Kier alpha value is -1.70. The first-order valence-electron chi connectivity index (χ1n) is 6.60. The van der Waals surface area contributed by atoms with Gasteiger partial charge in [0.15, 0.2) is 9.84 Å². The second kappa shape index (κ2) is 6.38. The van der Waals surface area contributed by atoms with Gasteiger partial charge in [0.1, 0.15) is 0 Å². The molecule has 1 aromatic heterocycles. The molecule has 0 spiro atoms. The van der Waals surface area contributed by atoms with Gasteiger partial charge in [-0.25, -0.2) is 8.42 Å². The zero-order chi connectivity index (χ0) is 15.5. The quantitative estimate of drug-likeness (QED) is 0.816. The first-order valence-corrected chi connectivity index (χ1v) is 8.49. The predicted octanol–water partition coefficient (Wildman–Crippen LogP) is 0.613. The monoisotopic (exact) mass is 308 g/mol. The van der Waals surface area contributed by atoms with Crippen LogP contribution in [-0.4, -0.2) is 31.0 Å². The lowest BCUT2D eigenvalue weighted by Gasteiger charge is -2.11. The molecular weight excluding hydrogens is 288 g/mol. The van der Waals surface area contributed by atoms with Crippen LogP contribution in [-0.2, 0) is 23.4 Å². The average molecular weight is 308 g/mol. The van der Waals surface area contributed by atoms with Crippen molar-refractivity contribution in [2.45, 2.75) is 17.5 Å². The van der Waals surface area contributed by atoms with Crippen LogP contribution in [0.15, 0.2) is 41.6 Å². The van der Waals surface area contributed by atoms with Crippen molar-refractivity contribution >= 4 is 9.84 Å². The maximum absolute atomic E-state index is 11.4. The summed E-state index contributed by atoms with van der Waals surface area (Å²) in [7, 11) is -1.28. The Bertz CT molecular complexity index is 692. The second-order valence-electron chi connectivity index (χ2n) is 5.10. The molecule has 0 saturated carbocycles. The Morgan fingerprint density at radius 2 is 2.00 bits per heavy atom. The first-order chi connectivity index (χ1) is 9.86. The zero-order valence-corrected chi connectivity index (χ0v) is 13.0. The van der Waals surface area contributed by atoms with E-state index in [4.69, 9.17) is 5.73 Å². The number of nitrogens with one attached hydrogen (secondary N) is 1. The van der Waals surface area contributed by atoms with Crippen molar-refractivity contribution in [2.75, 3.05) is 12.8 Å². The van der Waals surface area contributed by atoms with E-state index < -0.39 is 9.84 Å². The fourth-order valence-corrected chi connectivity index (χ4v) is 2.61. The SMILES string of the molecule is Cn1cc(C(N)CNCc2ccc(S(C)(=O)=O)cc2)cn1. The lowest BCUT2D eigenvalue weighted by Crippen LogP contribution is -2.26. The van der Waals surface area contributed by atoms with Gasteiger partial charge in [-0.2, -0.15) is 5.10 Å². The molecule has 114 valence electrons. The van der Waals surface area contributed by atoms with E-state index in [-0.39, 0.29) is 6.04 Å². The van der Waals surface area contributed by atoms with Gasteiger partial charge in [0.2, 0.25) is 0 Å². The number of benzene rings is 1. The summed E-state index contributed by atoms with van der Waals surface area (Å²) >= 11 is 0. The van der Waals surface area contributed by atoms with Crippen molar-refractivity contribution in [1.82, 2.24) is 15.1 Å². The van der Waals surface area contributed by atoms with Crippen molar-refractivity contribution in [2.24, 2.45) is 12.8 Å². The summed E-state index contributed by atoms with van der Waals surface area (Å²) in [5.74, 6) is 0. The number of hydrogen-bond acceptors (Lipinski definition) is 5. The maximum Gasteiger partial charge on any atom is 0.175 e. The van der Waals surface area contributed by atoms with E-state index >= 15 is 0 Å². The van der Waals surface area contributed by atoms with Gasteiger partial charge >= 0.3 is 0 Å². The van der Waals surface area contributed by atoms with Crippen LogP contribution in [0.1, 0.15) is 17.2 Å². The largest absolute Gasteiger partial charge is 0.323 e. The minimum Gasteiger partial charge on any atom is -0.323 e. The molecule has 1 unspecified atom stereocenters. The molecule has 6 nitrogen and oxygen atoms in total. The van der Waals surface area contributed by atoms with Crippen molar-refractivity contribution < 1.29 is 8.42 Å². The Morgan fingerprint density at radius 1 is 1.33 bits per heavy atom. The molecule has 2 rings (SSSR count). The molecule has 0 aliphatic heterocycles. The van der Waals surface area contributed by atoms with E-state index in [1.165, 1.54) is 6.26 Å². The Balaban J connectivity index is 1.86. The molecule has 3 N–H and O–H groups in total. The van der Waals surface area contributed by atoms with Crippen LogP contribution in [0.4, 0.5) is 0 Å². The Morgan fingerprint density at radius 3 is 2.52 bits per heavy atom. The molecular formula is C14H20N4O2S. The molecule has 1 aromatic carbocycles. The molecule has 21 heavy (non-hydrogen) atoms. The number of rotatable bonds is 6. The average Bonchev–Trinajstić information content (AvgIpc) is 2.85. The van der Waals surface area contributed by atoms with E-state index in [9.17, 15) is 8.42 Å². The highest BCUT2D eigenvalue weighted by molar-refractivity contribution is 7.90. The van der Waals surface area contributed by atoms with E-state index in [1.54, 1.807) is 35.1 Å². The van der Waals surface area contributed by atoms with Gasteiger partial charge in [-0.3, -0.25) is 4.68 Å². The highest BCUT2D eigenvalue weighted by atomic mass is 32.2. The molecule has 2 aromatic rings. The van der Waals surface area contributed by atoms with Gasteiger partial charge in [0, 0.05) is 44.2 Å². The highest BCUT2D eigenvalue weighted by Crippen LogP contribution is 2.11. The summed E-state index contributed by atoms with van der Waals surface area (Å²) < 4.78 is 24.5. The van der Waals surface area contributed by atoms with Crippen LogP contribution >= 0.6 is 0 Å². The third kappa shape index (κ3) is 4.38. The Kier molecular flexibility index (Phi) is 4.76. The smallest absolute Gasteiger partial charge is 0.175 e. The Labute approximate surface area is 124 Å². The van der Waals surface area contributed by atoms with Crippen molar-refractivity contribution in [3.8, 4) is 0 Å². The predicted molar refractivity (Wildman–Crippen MR) is 81.4 cm³/mol. The maximum atomic E-state index is 11.4. The van der Waals surface area contributed by atoms with E-state index in [0.29, 0.717) is 18.0 Å². The lowest BCUT2D eigenvalue weighted by molar-refractivity contribution is 0.596. The molecule has 7 heteroatoms. The number of nitrogens with zero attached hydrogens (tertiary/aromatic N) is 2. The molecule has 0 radical (unpaired) electrons. The molecule has 0 aliphatic carbocycles. The number of aryl methyl sites for hydroxylation is 1. The summed E-state index contributed by atoms with van der Waals surface area (Å²) in [6.45, 7) is 1.26. The van der Waals surface area contributed by atoms with Crippen LogP contribution < -0.4 is 11.1 Å². The fourth-order valence-electron chi connectivity index (χ4n) is 1.98. The zero-order valence-electron chi connectivity index (χ0n) is 12.2. The highest BCUT2D eigenvalue weighted by Gasteiger charge is 2.08. The standard InChI is InChI=1S/C14H20N4O2S/c1-18-10-12(8-17-18)14(15)9-16-7-11-3-5-13(6-4-11)21(2,19)20/h3-6,8,10,14,16H,7,9,15H2,1-2H3. The second-order valence-corrected chi connectivity index (χ2v) is 7.12. The van der Waals surface area contributed by atoms with Crippen molar-refractivity contribution in [3.05, 3.63) is 47.8 Å². The molecule has 1 atom stereocenters. The van der Waals surface area contributed by atoms with Gasteiger partial charge in [0.25, 0.3) is 0 Å². The molecule has 0 amide bonds. The van der Waals surface area contributed by atoms with Crippen molar-refractivity contribution in [3.63, 3.8) is 0 Å². The summed E-state index contributed by atoms with van der Waals surface area (Å²) in [5.41, 5.74) is 8.06. The van der Waals surface area contributed by atoms with Gasteiger partial charge in [-0.05, 0) is 17.7 Å². The molecule has 0 fully saturated rings. The van der Waals surface area contributed by atoms with E-state index in [1.807, 2.05) is 13.2 Å². The van der Waals surface area contributed by atoms with Crippen LogP contribution in [0, 0.1) is 0 Å². The topological polar surface area (TPSA) is 90.0 Å². The van der Waals surface area contributed by atoms with Crippen LogP contribution in [0.3, 0.4) is 0 Å².